The number of aryl methyl sites for hydroxylation is 1. The van der Waals surface area contributed by atoms with Gasteiger partial charge in [0.15, 0.2) is 0 Å². The van der Waals surface area contributed by atoms with E-state index in [-0.39, 0.29) is 17.6 Å². The van der Waals surface area contributed by atoms with Crippen LogP contribution in [0.15, 0.2) is 53.3 Å². The Kier molecular flexibility index (Phi) is 5.29. The Bertz CT molecular complexity index is 1170. The third kappa shape index (κ3) is 3.86. The molecular weight excluding hydrogens is 392 g/mol. The van der Waals surface area contributed by atoms with Crippen molar-refractivity contribution >= 4 is 16.8 Å². The van der Waals surface area contributed by atoms with E-state index in [0.717, 1.165) is 19.7 Å². The zero-order chi connectivity index (χ0) is 21.4. The standard InChI is InChI=1S/C24H26N4O3/c1-16-26-22-7-3-2-6-21(22)24(30)28(16)18-10-8-17(9-11-18)23(29)25-13-20-14-27-12-4-5-19(27)15-31-20/h2-3,6-11,19-20H,4-5,12-15H2,1H3,(H,25,29). The van der Waals surface area contributed by atoms with Gasteiger partial charge in [-0.1, -0.05) is 12.1 Å². The molecule has 1 aromatic heterocycles. The second-order valence-corrected chi connectivity index (χ2v) is 8.32. The van der Waals surface area contributed by atoms with E-state index in [4.69, 9.17) is 4.74 Å². The van der Waals surface area contributed by atoms with Crippen LogP contribution >= 0.6 is 0 Å². The lowest BCUT2D eigenvalue weighted by atomic mass is 10.1. The lowest BCUT2D eigenvalue weighted by Gasteiger charge is -2.35. The lowest BCUT2D eigenvalue weighted by Crippen LogP contribution is -2.50. The molecule has 0 saturated carbocycles. The molecule has 5 rings (SSSR count). The summed E-state index contributed by atoms with van der Waals surface area (Å²) >= 11 is 0. The van der Waals surface area contributed by atoms with E-state index in [1.165, 1.54) is 12.8 Å². The van der Waals surface area contributed by atoms with Crippen LogP contribution in [0.3, 0.4) is 0 Å². The minimum atomic E-state index is -0.139. The van der Waals surface area contributed by atoms with Gasteiger partial charge < -0.3 is 10.1 Å². The van der Waals surface area contributed by atoms with E-state index in [1.54, 1.807) is 34.9 Å². The third-order valence-corrected chi connectivity index (χ3v) is 6.28. The first-order valence-corrected chi connectivity index (χ1v) is 10.8. The van der Waals surface area contributed by atoms with Gasteiger partial charge in [0.25, 0.3) is 11.5 Å². The van der Waals surface area contributed by atoms with Crippen molar-refractivity contribution in [2.24, 2.45) is 0 Å². The van der Waals surface area contributed by atoms with Crippen molar-refractivity contribution in [1.82, 2.24) is 19.8 Å². The predicted molar refractivity (Wildman–Crippen MR) is 119 cm³/mol. The fourth-order valence-electron chi connectivity index (χ4n) is 4.63. The molecule has 2 atom stereocenters. The van der Waals surface area contributed by atoms with Crippen molar-refractivity contribution in [3.8, 4) is 5.69 Å². The van der Waals surface area contributed by atoms with Crippen molar-refractivity contribution < 1.29 is 9.53 Å². The minimum Gasteiger partial charge on any atom is -0.373 e. The van der Waals surface area contributed by atoms with E-state index >= 15 is 0 Å². The first kappa shape index (κ1) is 19.9. The monoisotopic (exact) mass is 418 g/mol. The maximum Gasteiger partial charge on any atom is 0.265 e. The van der Waals surface area contributed by atoms with Gasteiger partial charge in [-0.2, -0.15) is 0 Å². The summed E-state index contributed by atoms with van der Waals surface area (Å²) in [4.78, 5) is 32.6. The van der Waals surface area contributed by atoms with Gasteiger partial charge >= 0.3 is 0 Å². The number of para-hydroxylation sites is 1. The summed E-state index contributed by atoms with van der Waals surface area (Å²) in [5.41, 5.74) is 1.81. The largest absolute Gasteiger partial charge is 0.373 e. The van der Waals surface area contributed by atoms with Gasteiger partial charge in [-0.05, 0) is 62.7 Å². The number of carbonyl (C=O) groups excluding carboxylic acids is 1. The number of aromatic nitrogens is 2. The average molecular weight is 418 g/mol. The van der Waals surface area contributed by atoms with Gasteiger partial charge in [0.1, 0.15) is 5.82 Å². The average Bonchev–Trinajstić information content (AvgIpc) is 3.26. The SMILES string of the molecule is Cc1nc2ccccc2c(=O)n1-c1ccc(C(=O)NCC2CN3CCCC3CO2)cc1. The Balaban J connectivity index is 1.28. The smallest absolute Gasteiger partial charge is 0.265 e. The molecular formula is C24H26N4O3. The number of benzene rings is 2. The molecule has 3 heterocycles. The van der Waals surface area contributed by atoms with Crippen LogP contribution < -0.4 is 10.9 Å². The molecule has 1 N–H and O–H groups in total. The molecule has 2 aromatic carbocycles. The molecule has 160 valence electrons. The van der Waals surface area contributed by atoms with Crippen molar-refractivity contribution in [2.45, 2.75) is 31.9 Å². The Hall–Kier alpha value is -3.03. The second kappa shape index (κ2) is 8.24. The molecule has 0 spiro atoms. The number of ether oxygens (including phenoxy) is 1. The van der Waals surface area contributed by atoms with Crippen LogP contribution in [-0.4, -0.2) is 58.7 Å². The number of carbonyl (C=O) groups is 1. The van der Waals surface area contributed by atoms with Crippen molar-refractivity contribution in [3.05, 3.63) is 70.3 Å². The molecule has 31 heavy (non-hydrogen) atoms. The maximum atomic E-state index is 13.0. The molecule has 7 heteroatoms. The van der Waals surface area contributed by atoms with Gasteiger partial charge in [0.05, 0.1) is 29.3 Å². The number of hydrogen-bond acceptors (Lipinski definition) is 5. The van der Waals surface area contributed by atoms with Crippen LogP contribution in [0.1, 0.15) is 29.0 Å². The van der Waals surface area contributed by atoms with Crippen LogP contribution in [0.2, 0.25) is 0 Å². The number of fused-ring (bicyclic) bond motifs is 2. The zero-order valence-corrected chi connectivity index (χ0v) is 17.6. The lowest BCUT2D eigenvalue weighted by molar-refractivity contribution is -0.0461. The summed E-state index contributed by atoms with van der Waals surface area (Å²) in [5.74, 6) is 0.468. The van der Waals surface area contributed by atoms with Crippen LogP contribution in [0.5, 0.6) is 0 Å². The number of hydrogen-bond donors (Lipinski definition) is 1. The summed E-state index contributed by atoms with van der Waals surface area (Å²) in [5, 5.41) is 3.56. The molecule has 2 fully saturated rings. The van der Waals surface area contributed by atoms with E-state index < -0.39 is 0 Å². The molecule has 2 unspecified atom stereocenters. The normalized spacial score (nSPS) is 21.2. The molecule has 2 aliphatic rings. The van der Waals surface area contributed by atoms with Crippen LogP contribution in [0.4, 0.5) is 0 Å². The fraction of sp³-hybridized carbons (Fsp3) is 0.375. The van der Waals surface area contributed by atoms with Crippen molar-refractivity contribution in [2.75, 3.05) is 26.2 Å². The van der Waals surface area contributed by atoms with Gasteiger partial charge in [0.2, 0.25) is 0 Å². The highest BCUT2D eigenvalue weighted by Crippen LogP contribution is 2.22. The number of rotatable bonds is 4. The maximum absolute atomic E-state index is 13.0. The predicted octanol–water partition coefficient (Wildman–Crippen LogP) is 2.29. The highest BCUT2D eigenvalue weighted by atomic mass is 16.5. The van der Waals surface area contributed by atoms with Crippen LogP contribution in [0.25, 0.3) is 16.6 Å². The van der Waals surface area contributed by atoms with Gasteiger partial charge in [-0.15, -0.1) is 0 Å². The van der Waals surface area contributed by atoms with Crippen LogP contribution in [0, 0.1) is 6.92 Å². The molecule has 0 radical (unpaired) electrons. The Morgan fingerprint density at radius 3 is 2.84 bits per heavy atom. The minimum absolute atomic E-state index is 0.0301. The first-order chi connectivity index (χ1) is 15.1. The van der Waals surface area contributed by atoms with Gasteiger partial charge in [0, 0.05) is 24.7 Å². The zero-order valence-electron chi connectivity index (χ0n) is 17.6. The Labute approximate surface area is 180 Å². The van der Waals surface area contributed by atoms with Gasteiger partial charge in [-0.3, -0.25) is 19.1 Å². The highest BCUT2D eigenvalue weighted by Gasteiger charge is 2.32. The van der Waals surface area contributed by atoms with E-state index in [0.29, 0.717) is 40.6 Å². The topological polar surface area (TPSA) is 76.5 Å². The summed E-state index contributed by atoms with van der Waals surface area (Å²) in [7, 11) is 0. The van der Waals surface area contributed by atoms with Crippen LogP contribution in [-0.2, 0) is 4.74 Å². The van der Waals surface area contributed by atoms with E-state index in [9.17, 15) is 9.59 Å². The van der Waals surface area contributed by atoms with Crippen molar-refractivity contribution in [1.29, 1.82) is 0 Å². The Morgan fingerprint density at radius 1 is 1.19 bits per heavy atom. The quantitative estimate of drug-likeness (QED) is 0.704. The first-order valence-electron chi connectivity index (χ1n) is 10.8. The fourth-order valence-corrected chi connectivity index (χ4v) is 4.63. The number of nitrogens with zero attached hydrogens (tertiary/aromatic N) is 3. The highest BCUT2D eigenvalue weighted by molar-refractivity contribution is 5.94. The van der Waals surface area contributed by atoms with Gasteiger partial charge in [-0.25, -0.2) is 4.98 Å². The second-order valence-electron chi connectivity index (χ2n) is 8.32. The summed E-state index contributed by atoms with van der Waals surface area (Å²) in [6.07, 6.45) is 2.47. The van der Waals surface area contributed by atoms with E-state index in [1.807, 2.05) is 25.1 Å². The molecule has 1 amide bonds. The summed E-state index contributed by atoms with van der Waals surface area (Å²) < 4.78 is 7.49. The summed E-state index contributed by atoms with van der Waals surface area (Å²) in [6, 6.07) is 14.9. The number of morpholine rings is 1. The molecule has 2 aliphatic heterocycles. The molecule has 2 saturated heterocycles. The number of nitrogens with one attached hydrogen (secondary N) is 1. The summed E-state index contributed by atoms with van der Waals surface area (Å²) in [6.45, 7) is 5.06. The Morgan fingerprint density at radius 2 is 2.00 bits per heavy atom. The molecule has 0 bridgehead atoms. The van der Waals surface area contributed by atoms with E-state index in [2.05, 4.69) is 15.2 Å². The molecule has 0 aliphatic carbocycles. The third-order valence-electron chi connectivity index (χ3n) is 6.28. The molecule has 3 aromatic rings. The number of amides is 1. The van der Waals surface area contributed by atoms with Crippen molar-refractivity contribution in [3.63, 3.8) is 0 Å². The molecule has 7 nitrogen and oxygen atoms in total.